The van der Waals surface area contributed by atoms with E-state index in [-0.39, 0.29) is 11.9 Å². The number of rotatable bonds is 1. The van der Waals surface area contributed by atoms with Crippen LogP contribution in [0.3, 0.4) is 0 Å². The standard InChI is InChI=1S/C7H6ClNO2/c8-7(11)5-2-1-4-3-6(10)9(4)5/h2,4H,1,3H2. The molecular formula is C7H6ClNO2. The minimum absolute atomic E-state index is 0.00718. The largest absolute Gasteiger partial charge is 0.304 e. The molecule has 0 bridgehead atoms. The van der Waals surface area contributed by atoms with Gasteiger partial charge < -0.3 is 4.90 Å². The van der Waals surface area contributed by atoms with Gasteiger partial charge in [-0.1, -0.05) is 6.08 Å². The van der Waals surface area contributed by atoms with Gasteiger partial charge in [0, 0.05) is 12.5 Å². The molecule has 0 aromatic rings. The van der Waals surface area contributed by atoms with Crippen LogP contribution in [0.4, 0.5) is 0 Å². The van der Waals surface area contributed by atoms with Gasteiger partial charge in [0.25, 0.3) is 5.24 Å². The van der Waals surface area contributed by atoms with Gasteiger partial charge in [0.05, 0.1) is 0 Å². The summed E-state index contributed by atoms with van der Waals surface area (Å²) < 4.78 is 0. The molecule has 1 unspecified atom stereocenters. The summed E-state index contributed by atoms with van der Waals surface area (Å²) in [6.45, 7) is 0. The molecule has 1 amide bonds. The van der Waals surface area contributed by atoms with Gasteiger partial charge in [-0.15, -0.1) is 0 Å². The number of hydrogen-bond donors (Lipinski definition) is 0. The molecule has 3 nitrogen and oxygen atoms in total. The molecule has 2 aliphatic heterocycles. The second-order valence-corrected chi connectivity index (χ2v) is 3.06. The Balaban J connectivity index is 2.24. The van der Waals surface area contributed by atoms with Gasteiger partial charge in [-0.05, 0) is 18.0 Å². The first-order valence-corrected chi connectivity index (χ1v) is 3.80. The number of allylic oxidation sites excluding steroid dienone is 1. The molecule has 2 aliphatic rings. The number of amides is 1. The van der Waals surface area contributed by atoms with Crippen LogP contribution in [0.25, 0.3) is 0 Å². The summed E-state index contributed by atoms with van der Waals surface area (Å²) in [5.74, 6) is 0.00718. The third-order valence-corrected chi connectivity index (χ3v) is 2.28. The summed E-state index contributed by atoms with van der Waals surface area (Å²) in [6.07, 6.45) is 3.06. The Morgan fingerprint density at radius 1 is 1.73 bits per heavy atom. The van der Waals surface area contributed by atoms with Crippen molar-refractivity contribution in [1.29, 1.82) is 0 Å². The number of β-lactam (4-membered cyclic amide) rings is 1. The van der Waals surface area contributed by atoms with Crippen molar-refractivity contribution in [1.82, 2.24) is 4.90 Å². The molecule has 4 heteroatoms. The highest BCUT2D eigenvalue weighted by molar-refractivity contribution is 6.67. The van der Waals surface area contributed by atoms with Crippen LogP contribution < -0.4 is 0 Å². The lowest BCUT2D eigenvalue weighted by molar-refractivity contribution is -0.142. The Bertz CT molecular complexity index is 272. The predicted molar refractivity (Wildman–Crippen MR) is 38.8 cm³/mol. The summed E-state index contributed by atoms with van der Waals surface area (Å²) in [7, 11) is 0. The molecule has 0 N–H and O–H groups in total. The molecule has 0 radical (unpaired) electrons. The van der Waals surface area contributed by atoms with E-state index < -0.39 is 5.24 Å². The van der Waals surface area contributed by atoms with Crippen molar-refractivity contribution < 1.29 is 9.59 Å². The summed E-state index contributed by atoms with van der Waals surface area (Å²) in [5.41, 5.74) is 0.368. The predicted octanol–water partition coefficient (Wildman–Crippen LogP) is 0.640. The highest BCUT2D eigenvalue weighted by Crippen LogP contribution is 2.34. The summed E-state index contributed by atoms with van der Waals surface area (Å²) in [6, 6.07) is 0.222. The molecule has 2 heterocycles. The van der Waals surface area contributed by atoms with Crippen molar-refractivity contribution in [3.05, 3.63) is 11.8 Å². The van der Waals surface area contributed by atoms with E-state index in [4.69, 9.17) is 11.6 Å². The monoisotopic (exact) mass is 171 g/mol. The van der Waals surface area contributed by atoms with Gasteiger partial charge in [0.15, 0.2) is 0 Å². The molecule has 1 fully saturated rings. The lowest BCUT2D eigenvalue weighted by Crippen LogP contribution is -2.49. The van der Waals surface area contributed by atoms with Gasteiger partial charge in [-0.3, -0.25) is 9.59 Å². The molecule has 2 rings (SSSR count). The first-order chi connectivity index (χ1) is 5.20. The van der Waals surface area contributed by atoms with E-state index in [1.165, 1.54) is 4.90 Å². The lowest BCUT2D eigenvalue weighted by Gasteiger charge is -2.35. The van der Waals surface area contributed by atoms with Crippen LogP contribution in [-0.4, -0.2) is 22.1 Å². The number of halogens is 1. The summed E-state index contributed by atoms with van der Waals surface area (Å²) in [4.78, 5) is 23.1. The third kappa shape index (κ3) is 0.807. The van der Waals surface area contributed by atoms with Crippen LogP contribution in [0.2, 0.25) is 0 Å². The van der Waals surface area contributed by atoms with Crippen molar-refractivity contribution in [3.63, 3.8) is 0 Å². The highest BCUT2D eigenvalue weighted by Gasteiger charge is 2.43. The molecule has 1 saturated heterocycles. The molecule has 58 valence electrons. The average Bonchev–Trinajstić information content (AvgIpc) is 2.25. The number of fused-ring (bicyclic) bond motifs is 1. The van der Waals surface area contributed by atoms with E-state index in [1.54, 1.807) is 6.08 Å². The quantitative estimate of drug-likeness (QED) is 0.429. The minimum Gasteiger partial charge on any atom is -0.304 e. The van der Waals surface area contributed by atoms with Crippen LogP contribution in [-0.2, 0) is 9.59 Å². The molecular weight excluding hydrogens is 166 g/mol. The SMILES string of the molecule is O=C(Cl)C1=CCC2CC(=O)N12. The van der Waals surface area contributed by atoms with Crippen molar-refractivity contribution in [3.8, 4) is 0 Å². The average molecular weight is 172 g/mol. The molecule has 11 heavy (non-hydrogen) atoms. The zero-order valence-electron chi connectivity index (χ0n) is 5.71. The smallest absolute Gasteiger partial charge is 0.268 e. The number of nitrogens with zero attached hydrogens (tertiary/aromatic N) is 1. The van der Waals surface area contributed by atoms with Gasteiger partial charge in [0.2, 0.25) is 5.91 Å². The number of carbonyl (C=O) groups is 2. The highest BCUT2D eigenvalue weighted by atomic mass is 35.5. The molecule has 0 saturated carbocycles. The first-order valence-electron chi connectivity index (χ1n) is 3.42. The second-order valence-electron chi connectivity index (χ2n) is 2.72. The van der Waals surface area contributed by atoms with E-state index in [9.17, 15) is 9.59 Å². The fraction of sp³-hybridized carbons (Fsp3) is 0.429. The van der Waals surface area contributed by atoms with Crippen molar-refractivity contribution in [2.24, 2.45) is 0 Å². The van der Waals surface area contributed by atoms with E-state index in [0.29, 0.717) is 12.1 Å². The maximum absolute atomic E-state index is 10.9. The topological polar surface area (TPSA) is 37.4 Å². The summed E-state index contributed by atoms with van der Waals surface area (Å²) >= 11 is 5.24. The molecule has 0 aromatic carbocycles. The van der Waals surface area contributed by atoms with Gasteiger partial charge in [-0.25, -0.2) is 0 Å². The Morgan fingerprint density at radius 2 is 2.45 bits per heavy atom. The Labute approximate surface area is 68.6 Å². The number of carbonyl (C=O) groups excluding carboxylic acids is 2. The van der Waals surface area contributed by atoms with Crippen LogP contribution in [0.15, 0.2) is 11.8 Å². The van der Waals surface area contributed by atoms with Crippen LogP contribution in [0.5, 0.6) is 0 Å². The van der Waals surface area contributed by atoms with E-state index >= 15 is 0 Å². The molecule has 1 atom stereocenters. The van der Waals surface area contributed by atoms with E-state index in [1.807, 2.05) is 0 Å². The van der Waals surface area contributed by atoms with Crippen LogP contribution >= 0.6 is 11.6 Å². The lowest BCUT2D eigenvalue weighted by atomic mass is 10.0. The van der Waals surface area contributed by atoms with Gasteiger partial charge >= 0.3 is 0 Å². The van der Waals surface area contributed by atoms with Crippen LogP contribution in [0.1, 0.15) is 12.8 Å². The van der Waals surface area contributed by atoms with E-state index in [2.05, 4.69) is 0 Å². The Hall–Kier alpha value is -0.830. The zero-order chi connectivity index (χ0) is 8.01. The van der Waals surface area contributed by atoms with Crippen LogP contribution in [0, 0.1) is 0 Å². The zero-order valence-corrected chi connectivity index (χ0v) is 6.47. The fourth-order valence-electron chi connectivity index (χ4n) is 1.52. The first kappa shape index (κ1) is 6.85. The van der Waals surface area contributed by atoms with Gasteiger partial charge in [0.1, 0.15) is 5.70 Å². The molecule has 0 spiro atoms. The maximum atomic E-state index is 10.9. The van der Waals surface area contributed by atoms with Crippen molar-refractivity contribution in [2.75, 3.05) is 0 Å². The summed E-state index contributed by atoms with van der Waals surface area (Å²) in [5, 5.41) is -0.527. The fourth-order valence-corrected chi connectivity index (χ4v) is 1.69. The van der Waals surface area contributed by atoms with Crippen molar-refractivity contribution >= 4 is 22.8 Å². The van der Waals surface area contributed by atoms with E-state index in [0.717, 1.165) is 6.42 Å². The van der Waals surface area contributed by atoms with Gasteiger partial charge in [-0.2, -0.15) is 0 Å². The molecule has 0 aliphatic carbocycles. The third-order valence-electron chi connectivity index (χ3n) is 2.09. The normalized spacial score (nSPS) is 27.7. The molecule has 0 aromatic heterocycles. The minimum atomic E-state index is -0.527. The number of hydrogen-bond acceptors (Lipinski definition) is 2. The maximum Gasteiger partial charge on any atom is 0.268 e. The Morgan fingerprint density at radius 3 is 2.91 bits per heavy atom. The second kappa shape index (κ2) is 2.08. The van der Waals surface area contributed by atoms with Crippen molar-refractivity contribution in [2.45, 2.75) is 18.9 Å². The Kier molecular flexibility index (Phi) is 1.29.